The molecule has 0 radical (unpaired) electrons. The number of imide groups is 1. The summed E-state index contributed by atoms with van der Waals surface area (Å²) in [6.45, 7) is 7.51. The van der Waals surface area contributed by atoms with Crippen LogP contribution in [0.2, 0.25) is 0 Å². The zero-order chi connectivity index (χ0) is 22.0. The van der Waals surface area contributed by atoms with Crippen LogP contribution in [0, 0.1) is 6.92 Å². The third-order valence-electron chi connectivity index (χ3n) is 5.93. The Bertz CT molecular complexity index is 1000. The van der Waals surface area contributed by atoms with Crippen LogP contribution in [0.3, 0.4) is 0 Å². The first-order chi connectivity index (χ1) is 15.0. The van der Waals surface area contributed by atoms with Crippen LogP contribution < -0.4 is 9.64 Å². The van der Waals surface area contributed by atoms with E-state index in [0.717, 1.165) is 30.8 Å². The highest BCUT2D eigenvalue weighted by molar-refractivity contribution is 6.35. The fourth-order valence-electron chi connectivity index (χ4n) is 4.31. The van der Waals surface area contributed by atoms with Crippen molar-refractivity contribution in [1.82, 2.24) is 9.80 Å². The van der Waals surface area contributed by atoms with Crippen molar-refractivity contribution in [2.24, 2.45) is 0 Å². The average molecular weight is 420 g/mol. The van der Waals surface area contributed by atoms with Crippen molar-refractivity contribution in [2.45, 2.75) is 20.3 Å². The van der Waals surface area contributed by atoms with Crippen molar-refractivity contribution in [2.75, 3.05) is 44.7 Å². The molecule has 0 spiro atoms. The Hall–Kier alpha value is -3.28. The molecular weight excluding hydrogens is 390 g/mol. The van der Waals surface area contributed by atoms with Crippen molar-refractivity contribution in [3.05, 3.63) is 65.4 Å². The second kappa shape index (κ2) is 8.84. The quantitative estimate of drug-likeness (QED) is 0.673. The monoisotopic (exact) mass is 419 g/mol. The molecule has 2 aromatic rings. The zero-order valence-corrected chi connectivity index (χ0v) is 18.4. The molecule has 0 saturated carbocycles. The van der Waals surface area contributed by atoms with Crippen LogP contribution in [-0.2, 0) is 9.59 Å². The van der Waals surface area contributed by atoms with Gasteiger partial charge in [0, 0.05) is 38.4 Å². The van der Waals surface area contributed by atoms with Gasteiger partial charge in [-0.05, 0) is 48.7 Å². The lowest BCUT2D eigenvalue weighted by molar-refractivity contribution is -0.137. The number of carbonyl (C=O) groups is 2. The average Bonchev–Trinajstić information content (AvgIpc) is 3.04. The van der Waals surface area contributed by atoms with Gasteiger partial charge in [-0.15, -0.1) is 0 Å². The topological polar surface area (TPSA) is 53.1 Å². The smallest absolute Gasteiger partial charge is 0.277 e. The highest BCUT2D eigenvalue weighted by atomic mass is 16.5. The van der Waals surface area contributed by atoms with Gasteiger partial charge in [0.25, 0.3) is 11.8 Å². The van der Waals surface area contributed by atoms with E-state index in [1.807, 2.05) is 31.2 Å². The van der Waals surface area contributed by atoms with Gasteiger partial charge >= 0.3 is 0 Å². The summed E-state index contributed by atoms with van der Waals surface area (Å²) in [7, 11) is 1.61. The van der Waals surface area contributed by atoms with Crippen molar-refractivity contribution in [3.8, 4) is 5.75 Å². The van der Waals surface area contributed by atoms with E-state index in [-0.39, 0.29) is 11.8 Å². The predicted octanol–water partition coefficient (Wildman–Crippen LogP) is 3.32. The summed E-state index contributed by atoms with van der Waals surface area (Å²) >= 11 is 0. The third kappa shape index (κ3) is 4.02. The third-order valence-corrected chi connectivity index (χ3v) is 5.93. The van der Waals surface area contributed by atoms with Crippen LogP contribution in [0.1, 0.15) is 24.5 Å². The van der Waals surface area contributed by atoms with Gasteiger partial charge in [-0.3, -0.25) is 14.5 Å². The first-order valence-electron chi connectivity index (χ1n) is 10.8. The number of nitrogens with zero attached hydrogens (tertiary/aromatic N) is 3. The molecule has 0 atom stereocenters. The number of aryl methyl sites for hydroxylation is 1. The Balaban J connectivity index is 1.63. The van der Waals surface area contributed by atoms with Crippen LogP contribution in [0.15, 0.2) is 54.2 Å². The van der Waals surface area contributed by atoms with E-state index in [0.29, 0.717) is 30.9 Å². The number of methoxy groups -OCH3 is 1. The Kier molecular flexibility index (Phi) is 5.98. The van der Waals surface area contributed by atoms with Crippen molar-refractivity contribution < 1.29 is 14.3 Å². The van der Waals surface area contributed by atoms with Gasteiger partial charge < -0.3 is 14.5 Å². The summed E-state index contributed by atoms with van der Waals surface area (Å²) in [6.07, 6.45) is 0.738. The van der Waals surface area contributed by atoms with Gasteiger partial charge in [0.15, 0.2) is 0 Å². The molecule has 0 bridgehead atoms. The van der Waals surface area contributed by atoms with E-state index >= 15 is 0 Å². The van der Waals surface area contributed by atoms with Crippen LogP contribution in [0.25, 0.3) is 5.57 Å². The molecular formula is C25H29N3O3. The Morgan fingerprint density at radius 2 is 1.58 bits per heavy atom. The van der Waals surface area contributed by atoms with E-state index in [4.69, 9.17) is 4.74 Å². The molecule has 2 amide bonds. The number of anilines is 1. The van der Waals surface area contributed by atoms with Gasteiger partial charge in [0.2, 0.25) is 0 Å². The molecule has 0 aromatic heterocycles. The van der Waals surface area contributed by atoms with E-state index in [1.54, 1.807) is 7.11 Å². The number of hydrogen-bond acceptors (Lipinski definition) is 5. The minimum atomic E-state index is -0.201. The van der Waals surface area contributed by atoms with Gasteiger partial charge in [-0.1, -0.05) is 31.2 Å². The number of amides is 2. The molecule has 4 rings (SSSR count). The Morgan fingerprint density at radius 3 is 2.19 bits per heavy atom. The minimum Gasteiger partial charge on any atom is -0.497 e. The largest absolute Gasteiger partial charge is 0.497 e. The van der Waals surface area contributed by atoms with Crippen LogP contribution in [-0.4, -0.2) is 61.4 Å². The number of carbonyl (C=O) groups excluding carboxylic acids is 2. The number of hydrogen-bond donors (Lipinski definition) is 0. The van der Waals surface area contributed by atoms with Gasteiger partial charge in [0.05, 0.1) is 12.7 Å². The standard InChI is InChI=1S/C25H29N3O3/c1-4-12-28-24(29)22(19-8-10-21(31-3)11-9-19)23(25(28)30)27-15-13-26(14-16-27)20-7-5-6-18(2)17-20/h5-11,17H,4,12-16H2,1-3H3. The second-order valence-electron chi connectivity index (χ2n) is 8.03. The molecule has 2 aliphatic heterocycles. The molecule has 2 aromatic carbocycles. The molecule has 1 saturated heterocycles. The first kappa shape index (κ1) is 21.0. The fourth-order valence-corrected chi connectivity index (χ4v) is 4.31. The zero-order valence-electron chi connectivity index (χ0n) is 18.4. The highest BCUT2D eigenvalue weighted by Gasteiger charge is 2.41. The Labute approximate surface area is 183 Å². The molecule has 2 aliphatic rings. The first-order valence-corrected chi connectivity index (χ1v) is 10.8. The molecule has 2 heterocycles. The van der Waals surface area contributed by atoms with E-state index in [1.165, 1.54) is 16.2 Å². The summed E-state index contributed by atoms with van der Waals surface area (Å²) in [6, 6.07) is 15.9. The molecule has 0 unspecified atom stereocenters. The van der Waals surface area contributed by atoms with Gasteiger partial charge in [-0.2, -0.15) is 0 Å². The van der Waals surface area contributed by atoms with Crippen LogP contribution >= 0.6 is 0 Å². The molecule has 162 valence electrons. The Morgan fingerprint density at radius 1 is 0.903 bits per heavy atom. The van der Waals surface area contributed by atoms with Crippen molar-refractivity contribution in [3.63, 3.8) is 0 Å². The van der Waals surface area contributed by atoms with E-state index < -0.39 is 0 Å². The van der Waals surface area contributed by atoms with E-state index in [9.17, 15) is 9.59 Å². The maximum atomic E-state index is 13.3. The number of benzene rings is 2. The molecule has 6 heteroatoms. The van der Waals surface area contributed by atoms with Gasteiger partial charge in [-0.25, -0.2) is 0 Å². The van der Waals surface area contributed by atoms with E-state index in [2.05, 4.69) is 41.0 Å². The predicted molar refractivity (Wildman–Crippen MR) is 122 cm³/mol. The maximum absolute atomic E-state index is 13.3. The fraction of sp³-hybridized carbons (Fsp3) is 0.360. The maximum Gasteiger partial charge on any atom is 0.277 e. The molecule has 0 N–H and O–H groups in total. The SMILES string of the molecule is CCCN1C(=O)C(c2ccc(OC)cc2)=C(N2CCN(c3cccc(C)c3)CC2)C1=O. The van der Waals surface area contributed by atoms with Gasteiger partial charge in [0.1, 0.15) is 11.4 Å². The minimum absolute atomic E-state index is 0.179. The number of ether oxygens (including phenoxy) is 1. The lowest BCUT2D eigenvalue weighted by Gasteiger charge is -2.37. The van der Waals surface area contributed by atoms with Crippen molar-refractivity contribution >= 4 is 23.1 Å². The lowest BCUT2D eigenvalue weighted by atomic mass is 10.0. The summed E-state index contributed by atoms with van der Waals surface area (Å²) in [5.41, 5.74) is 4.23. The molecule has 31 heavy (non-hydrogen) atoms. The normalized spacial score (nSPS) is 17.1. The van der Waals surface area contributed by atoms with Crippen LogP contribution in [0.4, 0.5) is 5.69 Å². The van der Waals surface area contributed by atoms with Crippen LogP contribution in [0.5, 0.6) is 5.75 Å². The van der Waals surface area contributed by atoms with Crippen molar-refractivity contribution in [1.29, 1.82) is 0 Å². The second-order valence-corrected chi connectivity index (χ2v) is 8.03. The number of rotatable bonds is 6. The summed E-state index contributed by atoms with van der Waals surface area (Å²) < 4.78 is 5.25. The number of piperazine rings is 1. The molecule has 1 fully saturated rings. The summed E-state index contributed by atoms with van der Waals surface area (Å²) in [5, 5.41) is 0. The highest BCUT2D eigenvalue weighted by Crippen LogP contribution is 2.33. The summed E-state index contributed by atoms with van der Waals surface area (Å²) in [4.78, 5) is 32.3. The molecule has 0 aliphatic carbocycles. The molecule has 6 nitrogen and oxygen atoms in total. The summed E-state index contributed by atoms with van der Waals surface area (Å²) in [5.74, 6) is 0.342. The lowest BCUT2D eigenvalue weighted by Crippen LogP contribution is -2.47.